The van der Waals surface area contributed by atoms with E-state index in [9.17, 15) is 9.59 Å². The Hall–Kier alpha value is -2.75. The van der Waals surface area contributed by atoms with Crippen LogP contribution in [0.2, 0.25) is 0 Å². The number of fused-ring (bicyclic) bond motifs is 1. The molecule has 2 aliphatic rings. The first-order valence-electron chi connectivity index (χ1n) is 10.0. The molecule has 2 amide bonds. The van der Waals surface area contributed by atoms with Crippen molar-refractivity contribution in [3.63, 3.8) is 0 Å². The van der Waals surface area contributed by atoms with Crippen molar-refractivity contribution in [3.05, 3.63) is 52.7 Å². The first-order chi connectivity index (χ1) is 14.7. The van der Waals surface area contributed by atoms with Crippen molar-refractivity contribution in [2.75, 3.05) is 46.0 Å². The van der Waals surface area contributed by atoms with Crippen LogP contribution in [0.1, 0.15) is 31.8 Å². The van der Waals surface area contributed by atoms with E-state index in [0.717, 1.165) is 15.6 Å². The molecule has 156 valence electrons. The molecule has 3 aromatic rings. The Morgan fingerprint density at radius 1 is 1.03 bits per heavy atom. The van der Waals surface area contributed by atoms with Gasteiger partial charge in [0, 0.05) is 36.1 Å². The van der Waals surface area contributed by atoms with Crippen LogP contribution in [-0.2, 0) is 9.47 Å². The van der Waals surface area contributed by atoms with Gasteiger partial charge in [-0.3, -0.25) is 14.7 Å². The van der Waals surface area contributed by atoms with Crippen molar-refractivity contribution >= 4 is 33.2 Å². The molecule has 1 unspecified atom stereocenters. The lowest BCUT2D eigenvalue weighted by molar-refractivity contribution is -0.0227. The maximum Gasteiger partial charge on any atom is 0.272 e. The third-order valence-electron chi connectivity index (χ3n) is 5.53. The molecule has 9 heteroatoms. The molecule has 2 saturated heterocycles. The van der Waals surface area contributed by atoms with E-state index < -0.39 is 0 Å². The van der Waals surface area contributed by atoms with Crippen LogP contribution in [-0.4, -0.2) is 77.8 Å². The highest BCUT2D eigenvalue weighted by atomic mass is 32.1. The Morgan fingerprint density at radius 3 is 2.63 bits per heavy atom. The average Bonchev–Trinajstić information content (AvgIpc) is 3.47. The number of morpholine rings is 2. The van der Waals surface area contributed by atoms with Gasteiger partial charge in [0.2, 0.25) is 0 Å². The second-order valence-electron chi connectivity index (χ2n) is 7.33. The van der Waals surface area contributed by atoms with Crippen LogP contribution in [0.25, 0.3) is 10.1 Å². The van der Waals surface area contributed by atoms with Gasteiger partial charge in [-0.05, 0) is 17.5 Å². The van der Waals surface area contributed by atoms with Crippen LogP contribution in [0.3, 0.4) is 0 Å². The molecule has 2 aliphatic heterocycles. The molecular formula is C21H22N4O4S. The molecule has 8 nitrogen and oxygen atoms in total. The second-order valence-corrected chi connectivity index (χ2v) is 8.38. The van der Waals surface area contributed by atoms with Crippen molar-refractivity contribution in [1.82, 2.24) is 20.0 Å². The third kappa shape index (κ3) is 3.49. The fourth-order valence-electron chi connectivity index (χ4n) is 4.01. The highest BCUT2D eigenvalue weighted by Gasteiger charge is 2.33. The second kappa shape index (κ2) is 8.17. The Labute approximate surface area is 177 Å². The predicted molar refractivity (Wildman–Crippen MR) is 112 cm³/mol. The number of carbonyl (C=O) groups excluding carboxylic acids is 2. The summed E-state index contributed by atoms with van der Waals surface area (Å²) in [5.74, 6) is -0.100. The quantitative estimate of drug-likeness (QED) is 0.695. The molecule has 5 rings (SSSR count). The van der Waals surface area contributed by atoms with E-state index in [1.54, 1.807) is 17.2 Å². The van der Waals surface area contributed by atoms with E-state index in [4.69, 9.17) is 9.47 Å². The zero-order chi connectivity index (χ0) is 20.5. The first kappa shape index (κ1) is 19.2. The Morgan fingerprint density at radius 2 is 1.83 bits per heavy atom. The topological polar surface area (TPSA) is 87.8 Å². The minimum Gasteiger partial charge on any atom is -0.378 e. The van der Waals surface area contributed by atoms with E-state index in [-0.39, 0.29) is 17.9 Å². The van der Waals surface area contributed by atoms with Crippen molar-refractivity contribution in [3.8, 4) is 0 Å². The number of nitrogens with one attached hydrogen (secondary N) is 1. The van der Waals surface area contributed by atoms with Gasteiger partial charge in [0.25, 0.3) is 11.8 Å². The minimum atomic E-state index is -0.359. The molecule has 4 heterocycles. The summed E-state index contributed by atoms with van der Waals surface area (Å²) in [6.45, 7) is 3.59. The molecule has 1 N–H and O–H groups in total. The maximum atomic E-state index is 13.4. The van der Waals surface area contributed by atoms with Gasteiger partial charge < -0.3 is 19.3 Å². The number of hydrogen-bond donors (Lipinski definition) is 1. The first-order valence-corrected chi connectivity index (χ1v) is 10.8. The summed E-state index contributed by atoms with van der Waals surface area (Å²) in [4.78, 5) is 30.5. The van der Waals surface area contributed by atoms with E-state index in [0.29, 0.717) is 56.6 Å². The van der Waals surface area contributed by atoms with Crippen molar-refractivity contribution in [2.24, 2.45) is 0 Å². The van der Waals surface area contributed by atoms with E-state index in [2.05, 4.69) is 10.2 Å². The number of carbonyl (C=O) groups is 2. The monoisotopic (exact) mass is 426 g/mol. The maximum absolute atomic E-state index is 13.4. The largest absolute Gasteiger partial charge is 0.378 e. The number of amides is 2. The number of nitrogens with zero attached hydrogens (tertiary/aromatic N) is 3. The van der Waals surface area contributed by atoms with Crippen molar-refractivity contribution in [1.29, 1.82) is 0 Å². The van der Waals surface area contributed by atoms with Gasteiger partial charge in [0.1, 0.15) is 11.8 Å². The number of aromatic nitrogens is 2. The molecule has 0 saturated carbocycles. The zero-order valence-electron chi connectivity index (χ0n) is 16.4. The van der Waals surface area contributed by atoms with Crippen LogP contribution >= 0.6 is 11.3 Å². The standard InChI is InChI=1S/C21H22N4O4S/c26-20(15-5-6-22-23-15)25-9-12-29-16(13-25)18-14-3-1-2-4-17(14)30-19(18)21(27)24-7-10-28-11-8-24/h1-6,16H,7-13H2,(H,22,23). The molecule has 0 bridgehead atoms. The van der Waals surface area contributed by atoms with Gasteiger partial charge in [0.15, 0.2) is 0 Å². The lowest BCUT2D eigenvalue weighted by atomic mass is 10.0. The fourth-order valence-corrected chi connectivity index (χ4v) is 5.23. The summed E-state index contributed by atoms with van der Waals surface area (Å²) in [7, 11) is 0. The number of thiophene rings is 1. The Bertz CT molecular complexity index is 1060. The highest BCUT2D eigenvalue weighted by Crippen LogP contribution is 2.39. The van der Waals surface area contributed by atoms with E-state index >= 15 is 0 Å². The molecule has 1 atom stereocenters. The number of benzene rings is 1. The average molecular weight is 426 g/mol. The van der Waals surface area contributed by atoms with Crippen LogP contribution in [0.5, 0.6) is 0 Å². The molecule has 0 spiro atoms. The van der Waals surface area contributed by atoms with Crippen LogP contribution in [0, 0.1) is 0 Å². The van der Waals surface area contributed by atoms with Crippen molar-refractivity contribution in [2.45, 2.75) is 6.10 Å². The molecule has 0 radical (unpaired) electrons. The van der Waals surface area contributed by atoms with Gasteiger partial charge in [-0.15, -0.1) is 11.3 Å². The number of hydrogen-bond acceptors (Lipinski definition) is 6. The van der Waals surface area contributed by atoms with E-state index in [1.807, 2.05) is 29.2 Å². The van der Waals surface area contributed by atoms with Gasteiger partial charge in [-0.1, -0.05) is 18.2 Å². The lowest BCUT2D eigenvalue weighted by Crippen LogP contribution is -2.43. The van der Waals surface area contributed by atoms with Crippen LogP contribution < -0.4 is 0 Å². The molecule has 30 heavy (non-hydrogen) atoms. The van der Waals surface area contributed by atoms with E-state index in [1.165, 1.54) is 11.3 Å². The summed E-state index contributed by atoms with van der Waals surface area (Å²) < 4.78 is 12.5. The Balaban J connectivity index is 1.49. The summed E-state index contributed by atoms with van der Waals surface area (Å²) >= 11 is 1.50. The van der Waals surface area contributed by atoms with Crippen molar-refractivity contribution < 1.29 is 19.1 Å². The summed E-state index contributed by atoms with van der Waals surface area (Å²) in [5, 5.41) is 7.62. The molecular weight excluding hydrogens is 404 g/mol. The molecule has 2 fully saturated rings. The Kier molecular flexibility index (Phi) is 5.24. The minimum absolute atomic E-state index is 0.00937. The predicted octanol–water partition coefficient (Wildman–Crippen LogP) is 2.31. The number of H-pyrrole nitrogens is 1. The molecule has 1 aromatic carbocycles. The molecule has 2 aromatic heterocycles. The summed E-state index contributed by atoms with van der Waals surface area (Å²) in [6.07, 6.45) is 1.21. The van der Waals surface area contributed by atoms with Gasteiger partial charge in [-0.25, -0.2) is 0 Å². The van der Waals surface area contributed by atoms with Crippen LogP contribution in [0.4, 0.5) is 0 Å². The lowest BCUT2D eigenvalue weighted by Gasteiger charge is -2.33. The van der Waals surface area contributed by atoms with Gasteiger partial charge in [-0.2, -0.15) is 5.10 Å². The number of ether oxygens (including phenoxy) is 2. The smallest absolute Gasteiger partial charge is 0.272 e. The summed E-state index contributed by atoms with van der Waals surface area (Å²) in [6, 6.07) is 9.66. The summed E-state index contributed by atoms with van der Waals surface area (Å²) in [5.41, 5.74) is 1.34. The molecule has 0 aliphatic carbocycles. The SMILES string of the molecule is O=C(c1ccn[nH]1)N1CCOC(c2c(C(=O)N3CCOCC3)sc3ccccc23)C1. The zero-order valence-corrected chi connectivity index (χ0v) is 17.2. The fraction of sp³-hybridized carbons (Fsp3) is 0.381. The van der Waals surface area contributed by atoms with Crippen LogP contribution in [0.15, 0.2) is 36.5 Å². The van der Waals surface area contributed by atoms with Gasteiger partial charge in [0.05, 0.1) is 31.2 Å². The highest BCUT2D eigenvalue weighted by molar-refractivity contribution is 7.21. The number of rotatable bonds is 3. The van der Waals surface area contributed by atoms with Gasteiger partial charge >= 0.3 is 0 Å². The normalized spacial score (nSPS) is 19.9. The third-order valence-corrected chi connectivity index (χ3v) is 6.71. The number of aromatic amines is 1.